The van der Waals surface area contributed by atoms with Crippen molar-refractivity contribution in [3.8, 4) is 11.5 Å². The van der Waals surface area contributed by atoms with Crippen LogP contribution in [0.5, 0.6) is 11.5 Å². The van der Waals surface area contributed by atoms with Gasteiger partial charge in [-0.15, -0.1) is 11.3 Å². The molecule has 2 aromatic rings. The molecule has 1 amide bonds. The smallest absolute Gasteiger partial charge is 0.244 e. The van der Waals surface area contributed by atoms with Crippen molar-refractivity contribution in [3.05, 3.63) is 45.9 Å². The molecule has 0 spiro atoms. The number of nitrogens with zero attached hydrogens (tertiary/aromatic N) is 1. The lowest BCUT2D eigenvalue weighted by atomic mass is 10.2. The highest BCUT2D eigenvalue weighted by atomic mass is 32.1. The first-order valence-electron chi connectivity index (χ1n) is 6.47. The molecular formula is C15H14N2O3S. The number of fused-ring (bicyclic) bond motifs is 1. The van der Waals surface area contributed by atoms with Gasteiger partial charge in [-0.05, 0) is 30.7 Å². The summed E-state index contributed by atoms with van der Waals surface area (Å²) in [6, 6.07) is 5.56. The number of aryl methyl sites for hydroxylation is 1. The summed E-state index contributed by atoms with van der Waals surface area (Å²) < 4.78 is 10.5. The van der Waals surface area contributed by atoms with Gasteiger partial charge < -0.3 is 14.8 Å². The van der Waals surface area contributed by atoms with E-state index in [0.29, 0.717) is 12.3 Å². The standard InChI is InChI=1S/C15H14N2O3S/c1-10-16-7-12(21-10)8-17-15(18)5-3-11-2-4-13-14(6-11)20-9-19-13/h2-7H,8-9H2,1H3,(H,17,18). The summed E-state index contributed by atoms with van der Waals surface area (Å²) in [5.41, 5.74) is 0.892. The predicted octanol–water partition coefficient (Wildman–Crippen LogP) is 2.51. The number of carbonyl (C=O) groups is 1. The van der Waals surface area contributed by atoms with Crippen molar-refractivity contribution in [2.75, 3.05) is 6.79 Å². The third-order valence-electron chi connectivity index (χ3n) is 2.93. The van der Waals surface area contributed by atoms with Crippen LogP contribution >= 0.6 is 11.3 Å². The Morgan fingerprint density at radius 1 is 1.43 bits per heavy atom. The molecule has 0 unspecified atom stereocenters. The van der Waals surface area contributed by atoms with Crippen LogP contribution in [0.15, 0.2) is 30.5 Å². The van der Waals surface area contributed by atoms with Gasteiger partial charge in [0.05, 0.1) is 11.6 Å². The molecule has 0 aliphatic carbocycles. The van der Waals surface area contributed by atoms with E-state index in [2.05, 4.69) is 10.3 Å². The van der Waals surface area contributed by atoms with Gasteiger partial charge >= 0.3 is 0 Å². The van der Waals surface area contributed by atoms with Crippen molar-refractivity contribution >= 4 is 23.3 Å². The van der Waals surface area contributed by atoms with Gasteiger partial charge in [0.1, 0.15) is 0 Å². The third-order valence-corrected chi connectivity index (χ3v) is 3.84. The first-order valence-corrected chi connectivity index (χ1v) is 7.29. The summed E-state index contributed by atoms with van der Waals surface area (Å²) in [6.07, 6.45) is 5.03. The first-order chi connectivity index (χ1) is 10.2. The fraction of sp³-hybridized carbons (Fsp3) is 0.200. The molecule has 5 nitrogen and oxygen atoms in total. The maximum atomic E-state index is 11.8. The van der Waals surface area contributed by atoms with Crippen LogP contribution in [0.25, 0.3) is 6.08 Å². The Morgan fingerprint density at radius 3 is 3.10 bits per heavy atom. The number of carbonyl (C=O) groups excluding carboxylic acids is 1. The Hall–Kier alpha value is -2.34. The number of hydrogen-bond donors (Lipinski definition) is 1. The molecular weight excluding hydrogens is 288 g/mol. The zero-order chi connectivity index (χ0) is 14.7. The number of amides is 1. The Bertz CT molecular complexity index is 694. The minimum atomic E-state index is -0.140. The van der Waals surface area contributed by atoms with Crippen LogP contribution in [-0.2, 0) is 11.3 Å². The molecule has 108 valence electrons. The summed E-state index contributed by atoms with van der Waals surface area (Å²) in [4.78, 5) is 16.9. The lowest BCUT2D eigenvalue weighted by molar-refractivity contribution is -0.116. The van der Waals surface area contributed by atoms with Crippen molar-refractivity contribution in [2.24, 2.45) is 0 Å². The molecule has 1 aromatic heterocycles. The lowest BCUT2D eigenvalue weighted by Gasteiger charge is -1.99. The third kappa shape index (κ3) is 3.41. The minimum Gasteiger partial charge on any atom is -0.454 e. The van der Waals surface area contributed by atoms with Crippen molar-refractivity contribution in [1.82, 2.24) is 10.3 Å². The second-order valence-electron chi connectivity index (χ2n) is 4.51. The highest BCUT2D eigenvalue weighted by Gasteiger charge is 2.12. The molecule has 1 N–H and O–H groups in total. The van der Waals surface area contributed by atoms with E-state index in [1.807, 2.05) is 25.1 Å². The van der Waals surface area contributed by atoms with Gasteiger partial charge in [0.25, 0.3) is 0 Å². The normalized spacial score (nSPS) is 12.8. The molecule has 0 saturated carbocycles. The quantitative estimate of drug-likeness (QED) is 0.882. The number of rotatable bonds is 4. The number of hydrogen-bond acceptors (Lipinski definition) is 5. The zero-order valence-electron chi connectivity index (χ0n) is 11.5. The highest BCUT2D eigenvalue weighted by molar-refractivity contribution is 7.11. The molecule has 0 bridgehead atoms. The van der Waals surface area contributed by atoms with E-state index < -0.39 is 0 Å². The fourth-order valence-electron chi connectivity index (χ4n) is 1.91. The van der Waals surface area contributed by atoms with Crippen molar-refractivity contribution in [2.45, 2.75) is 13.5 Å². The number of aromatic nitrogens is 1. The van der Waals surface area contributed by atoms with Crippen LogP contribution in [0.2, 0.25) is 0 Å². The fourth-order valence-corrected chi connectivity index (χ4v) is 2.64. The molecule has 0 saturated heterocycles. The van der Waals surface area contributed by atoms with Gasteiger partial charge in [-0.3, -0.25) is 4.79 Å². The molecule has 2 heterocycles. The highest BCUT2D eigenvalue weighted by Crippen LogP contribution is 2.32. The van der Waals surface area contributed by atoms with Crippen LogP contribution in [0.4, 0.5) is 0 Å². The maximum Gasteiger partial charge on any atom is 0.244 e. The Morgan fingerprint density at radius 2 is 2.29 bits per heavy atom. The summed E-state index contributed by atoms with van der Waals surface area (Å²) >= 11 is 1.58. The lowest BCUT2D eigenvalue weighted by Crippen LogP contribution is -2.19. The van der Waals surface area contributed by atoms with Crippen molar-refractivity contribution < 1.29 is 14.3 Å². The second-order valence-corrected chi connectivity index (χ2v) is 5.83. The van der Waals surface area contributed by atoms with Crippen molar-refractivity contribution in [3.63, 3.8) is 0 Å². The Balaban J connectivity index is 1.56. The molecule has 6 heteroatoms. The van der Waals surface area contributed by atoms with Gasteiger partial charge in [0, 0.05) is 17.2 Å². The largest absolute Gasteiger partial charge is 0.454 e. The monoisotopic (exact) mass is 302 g/mol. The van der Waals surface area contributed by atoms with E-state index in [9.17, 15) is 4.79 Å². The molecule has 1 aliphatic rings. The van der Waals surface area contributed by atoms with E-state index in [0.717, 1.165) is 21.2 Å². The van der Waals surface area contributed by atoms with E-state index in [-0.39, 0.29) is 12.7 Å². The molecule has 0 atom stereocenters. The average molecular weight is 302 g/mol. The Kier molecular flexibility index (Phi) is 3.87. The van der Waals surface area contributed by atoms with Gasteiger partial charge in [-0.2, -0.15) is 0 Å². The van der Waals surface area contributed by atoms with Crippen LogP contribution in [-0.4, -0.2) is 17.7 Å². The molecule has 1 aromatic carbocycles. The first kappa shape index (κ1) is 13.6. The molecule has 21 heavy (non-hydrogen) atoms. The summed E-state index contributed by atoms with van der Waals surface area (Å²) in [7, 11) is 0. The number of thiazole rings is 1. The number of benzene rings is 1. The summed E-state index contributed by atoms with van der Waals surface area (Å²) in [6.45, 7) is 2.68. The van der Waals surface area contributed by atoms with E-state index >= 15 is 0 Å². The van der Waals surface area contributed by atoms with E-state index in [1.54, 1.807) is 23.6 Å². The Labute approximate surface area is 126 Å². The van der Waals surface area contributed by atoms with E-state index in [1.165, 1.54) is 6.08 Å². The van der Waals surface area contributed by atoms with Crippen LogP contribution in [0, 0.1) is 6.92 Å². The SMILES string of the molecule is Cc1ncc(CNC(=O)C=Cc2ccc3c(c2)OCO3)s1. The molecule has 3 rings (SSSR count). The molecule has 1 aliphatic heterocycles. The second kappa shape index (κ2) is 5.97. The minimum absolute atomic E-state index is 0.140. The molecule has 0 radical (unpaired) electrons. The van der Waals surface area contributed by atoms with Crippen LogP contribution < -0.4 is 14.8 Å². The van der Waals surface area contributed by atoms with Gasteiger partial charge in [0.2, 0.25) is 12.7 Å². The van der Waals surface area contributed by atoms with Crippen LogP contribution in [0.1, 0.15) is 15.4 Å². The van der Waals surface area contributed by atoms with Gasteiger partial charge in [-0.1, -0.05) is 6.07 Å². The van der Waals surface area contributed by atoms with Crippen LogP contribution in [0.3, 0.4) is 0 Å². The maximum absolute atomic E-state index is 11.8. The van der Waals surface area contributed by atoms with Gasteiger partial charge in [0.15, 0.2) is 11.5 Å². The zero-order valence-corrected chi connectivity index (χ0v) is 12.3. The van der Waals surface area contributed by atoms with Crippen molar-refractivity contribution in [1.29, 1.82) is 0 Å². The summed E-state index contributed by atoms with van der Waals surface area (Å²) in [5, 5.41) is 3.82. The average Bonchev–Trinajstić information content (AvgIpc) is 3.10. The predicted molar refractivity (Wildman–Crippen MR) is 80.3 cm³/mol. The van der Waals surface area contributed by atoms with Gasteiger partial charge in [-0.25, -0.2) is 4.98 Å². The van der Waals surface area contributed by atoms with E-state index in [4.69, 9.17) is 9.47 Å². The number of nitrogens with one attached hydrogen (secondary N) is 1. The topological polar surface area (TPSA) is 60.5 Å². The number of ether oxygens (including phenoxy) is 2. The molecule has 0 fully saturated rings. The summed E-state index contributed by atoms with van der Waals surface area (Å²) in [5.74, 6) is 1.30.